The van der Waals surface area contributed by atoms with Crippen molar-refractivity contribution < 1.29 is 17.9 Å². The molecule has 7 heteroatoms. The number of nitrogens with zero attached hydrogens (tertiary/aromatic N) is 1. The number of nitriles is 1. The Morgan fingerprint density at radius 2 is 1.81 bits per heavy atom. The molecule has 0 aliphatic carbocycles. The Kier molecular flexibility index (Phi) is 4.45. The molecule has 2 rings (SSSR count). The van der Waals surface area contributed by atoms with Gasteiger partial charge < -0.3 is 4.74 Å². The molecule has 108 valence electrons. The molecule has 2 aromatic rings. The molecular formula is C14H6BrClF3NO. The first-order valence-electron chi connectivity index (χ1n) is 5.55. The Labute approximate surface area is 131 Å². The van der Waals surface area contributed by atoms with Crippen LogP contribution in [-0.4, -0.2) is 0 Å². The van der Waals surface area contributed by atoms with E-state index < -0.39 is 11.7 Å². The molecule has 0 aliphatic heterocycles. The molecule has 0 saturated heterocycles. The van der Waals surface area contributed by atoms with Gasteiger partial charge in [-0.3, -0.25) is 0 Å². The number of rotatable bonds is 2. The molecule has 2 aromatic carbocycles. The highest BCUT2D eigenvalue weighted by atomic mass is 79.9. The molecule has 0 bridgehead atoms. The van der Waals surface area contributed by atoms with Gasteiger partial charge in [-0.2, -0.15) is 18.4 Å². The summed E-state index contributed by atoms with van der Waals surface area (Å²) >= 11 is 9.17. The van der Waals surface area contributed by atoms with Gasteiger partial charge in [-0.15, -0.1) is 0 Å². The van der Waals surface area contributed by atoms with Crippen molar-refractivity contribution in [1.82, 2.24) is 0 Å². The zero-order valence-electron chi connectivity index (χ0n) is 10.2. The average Bonchev–Trinajstić information content (AvgIpc) is 2.42. The molecule has 0 saturated carbocycles. The van der Waals surface area contributed by atoms with Crippen LogP contribution >= 0.6 is 27.5 Å². The second-order valence-corrected chi connectivity index (χ2v) is 5.32. The molecule has 0 N–H and O–H groups in total. The van der Waals surface area contributed by atoms with Gasteiger partial charge in [-0.05, 0) is 36.4 Å². The third kappa shape index (κ3) is 3.69. The summed E-state index contributed by atoms with van der Waals surface area (Å²) in [7, 11) is 0. The first-order valence-corrected chi connectivity index (χ1v) is 6.72. The molecule has 21 heavy (non-hydrogen) atoms. The SMILES string of the molecule is N#Cc1cc(C(F)(F)F)ccc1Oc1cc(Br)ccc1Cl. The topological polar surface area (TPSA) is 33.0 Å². The third-order valence-corrected chi connectivity index (χ3v) is 3.35. The number of ether oxygens (including phenoxy) is 1. The molecule has 0 spiro atoms. The normalized spacial score (nSPS) is 11.0. The van der Waals surface area contributed by atoms with Crippen LogP contribution in [0.15, 0.2) is 40.9 Å². The molecule has 0 aliphatic rings. The van der Waals surface area contributed by atoms with Crippen molar-refractivity contribution in [2.45, 2.75) is 6.18 Å². The minimum Gasteiger partial charge on any atom is -0.454 e. The lowest BCUT2D eigenvalue weighted by Crippen LogP contribution is -2.05. The summed E-state index contributed by atoms with van der Waals surface area (Å²) in [5.74, 6) is 0.243. The predicted molar refractivity (Wildman–Crippen MR) is 75.4 cm³/mol. The largest absolute Gasteiger partial charge is 0.454 e. The zero-order chi connectivity index (χ0) is 15.6. The van der Waals surface area contributed by atoms with E-state index in [2.05, 4.69) is 15.9 Å². The van der Waals surface area contributed by atoms with Gasteiger partial charge in [0.05, 0.1) is 16.1 Å². The monoisotopic (exact) mass is 375 g/mol. The number of hydrogen-bond donors (Lipinski definition) is 0. The summed E-state index contributed by atoms with van der Waals surface area (Å²) in [4.78, 5) is 0. The Morgan fingerprint density at radius 3 is 2.43 bits per heavy atom. The number of halogens is 5. The van der Waals surface area contributed by atoms with Gasteiger partial charge in [0.25, 0.3) is 0 Å². The minimum absolute atomic E-state index is 0.00509. The maximum absolute atomic E-state index is 12.6. The van der Waals surface area contributed by atoms with Crippen LogP contribution in [0.25, 0.3) is 0 Å². The van der Waals surface area contributed by atoms with Crippen molar-refractivity contribution in [1.29, 1.82) is 5.26 Å². The van der Waals surface area contributed by atoms with E-state index in [1.165, 1.54) is 0 Å². The van der Waals surface area contributed by atoms with E-state index in [-0.39, 0.29) is 22.1 Å². The highest BCUT2D eigenvalue weighted by Crippen LogP contribution is 2.36. The van der Waals surface area contributed by atoms with Gasteiger partial charge in [0.15, 0.2) is 0 Å². The van der Waals surface area contributed by atoms with Gasteiger partial charge in [0.2, 0.25) is 0 Å². The van der Waals surface area contributed by atoms with E-state index in [4.69, 9.17) is 21.6 Å². The molecule has 0 amide bonds. The quantitative estimate of drug-likeness (QED) is 0.665. The van der Waals surface area contributed by atoms with Crippen LogP contribution in [0.1, 0.15) is 11.1 Å². The smallest absolute Gasteiger partial charge is 0.416 e. The first kappa shape index (κ1) is 15.7. The third-order valence-electron chi connectivity index (χ3n) is 2.54. The Hall–Kier alpha value is -1.71. The minimum atomic E-state index is -4.52. The lowest BCUT2D eigenvalue weighted by molar-refractivity contribution is -0.137. The lowest BCUT2D eigenvalue weighted by Gasteiger charge is -2.12. The van der Waals surface area contributed by atoms with Crippen LogP contribution in [0.4, 0.5) is 13.2 Å². The summed E-state index contributed by atoms with van der Waals surface area (Å²) in [6, 6.07) is 9.18. The summed E-state index contributed by atoms with van der Waals surface area (Å²) < 4.78 is 43.9. The lowest BCUT2D eigenvalue weighted by atomic mass is 10.1. The fraction of sp³-hybridized carbons (Fsp3) is 0.0714. The van der Waals surface area contributed by atoms with Crippen LogP contribution < -0.4 is 4.74 Å². The van der Waals surface area contributed by atoms with Crippen molar-refractivity contribution >= 4 is 27.5 Å². The second-order valence-electron chi connectivity index (χ2n) is 4.00. The highest BCUT2D eigenvalue weighted by molar-refractivity contribution is 9.10. The van der Waals surface area contributed by atoms with E-state index in [1.807, 2.05) is 0 Å². The molecule has 0 heterocycles. The maximum Gasteiger partial charge on any atom is 0.416 e. The van der Waals surface area contributed by atoms with Gasteiger partial charge in [0.1, 0.15) is 17.6 Å². The zero-order valence-corrected chi connectivity index (χ0v) is 12.6. The molecule has 0 unspecified atom stereocenters. The molecular weight excluding hydrogens is 371 g/mol. The number of alkyl halides is 3. The van der Waals surface area contributed by atoms with E-state index in [0.29, 0.717) is 4.47 Å². The fourth-order valence-electron chi connectivity index (χ4n) is 1.56. The molecule has 0 radical (unpaired) electrons. The van der Waals surface area contributed by atoms with E-state index in [1.54, 1.807) is 24.3 Å². The Balaban J connectivity index is 2.41. The van der Waals surface area contributed by atoms with Crippen molar-refractivity contribution in [2.75, 3.05) is 0 Å². The van der Waals surface area contributed by atoms with E-state index >= 15 is 0 Å². The Morgan fingerprint density at radius 1 is 1.10 bits per heavy atom. The van der Waals surface area contributed by atoms with Crippen molar-refractivity contribution in [3.63, 3.8) is 0 Å². The summed E-state index contributed by atoms with van der Waals surface area (Å²) in [5.41, 5.74) is -1.13. The predicted octanol–water partition coefficient (Wildman–Crippen LogP) is 5.79. The van der Waals surface area contributed by atoms with Crippen LogP contribution in [-0.2, 0) is 6.18 Å². The van der Waals surface area contributed by atoms with Gasteiger partial charge in [0, 0.05) is 4.47 Å². The van der Waals surface area contributed by atoms with Gasteiger partial charge >= 0.3 is 6.18 Å². The van der Waals surface area contributed by atoms with Crippen molar-refractivity contribution in [3.05, 3.63) is 57.0 Å². The fourth-order valence-corrected chi connectivity index (χ4v) is 2.05. The van der Waals surface area contributed by atoms with Crippen molar-refractivity contribution in [3.8, 4) is 17.6 Å². The van der Waals surface area contributed by atoms with Gasteiger partial charge in [-0.1, -0.05) is 27.5 Å². The first-order chi connectivity index (χ1) is 9.81. The van der Waals surface area contributed by atoms with E-state index in [9.17, 15) is 13.2 Å². The van der Waals surface area contributed by atoms with E-state index in [0.717, 1.165) is 18.2 Å². The van der Waals surface area contributed by atoms with Crippen LogP contribution in [0.5, 0.6) is 11.5 Å². The molecule has 0 atom stereocenters. The number of hydrogen-bond acceptors (Lipinski definition) is 2. The average molecular weight is 377 g/mol. The van der Waals surface area contributed by atoms with Crippen LogP contribution in [0.2, 0.25) is 5.02 Å². The van der Waals surface area contributed by atoms with Crippen LogP contribution in [0.3, 0.4) is 0 Å². The molecule has 0 aromatic heterocycles. The van der Waals surface area contributed by atoms with Gasteiger partial charge in [-0.25, -0.2) is 0 Å². The van der Waals surface area contributed by atoms with Crippen molar-refractivity contribution in [2.24, 2.45) is 0 Å². The maximum atomic E-state index is 12.6. The summed E-state index contributed by atoms with van der Waals surface area (Å²) in [5, 5.41) is 9.25. The molecule has 2 nitrogen and oxygen atoms in total. The second kappa shape index (κ2) is 5.96. The standard InChI is InChI=1S/C14H6BrClF3NO/c15-10-2-3-11(16)13(6-10)21-12-4-1-9(14(17,18)19)5-8(12)7-20/h1-6H. The summed E-state index contributed by atoms with van der Waals surface area (Å²) in [6.07, 6.45) is -4.52. The molecule has 0 fully saturated rings. The Bertz CT molecular complexity index is 725. The highest BCUT2D eigenvalue weighted by Gasteiger charge is 2.31. The number of benzene rings is 2. The summed E-state index contributed by atoms with van der Waals surface area (Å²) in [6.45, 7) is 0. The van der Waals surface area contributed by atoms with Crippen LogP contribution in [0, 0.1) is 11.3 Å².